The third kappa shape index (κ3) is 4.31. The Morgan fingerprint density at radius 1 is 1.29 bits per heavy atom. The fourth-order valence-corrected chi connectivity index (χ4v) is 1.88. The Morgan fingerprint density at radius 2 is 2.00 bits per heavy atom. The predicted molar refractivity (Wildman–Crippen MR) is 70.4 cm³/mol. The van der Waals surface area contributed by atoms with Crippen molar-refractivity contribution in [3.8, 4) is 0 Å². The van der Waals surface area contributed by atoms with Crippen molar-refractivity contribution < 1.29 is 9.53 Å². The van der Waals surface area contributed by atoms with Gasteiger partial charge in [0.2, 0.25) is 0 Å². The average Bonchev–Trinajstić information content (AvgIpc) is 2.28. The second-order valence-corrected chi connectivity index (χ2v) is 4.76. The van der Waals surface area contributed by atoms with Gasteiger partial charge in [0.05, 0.1) is 0 Å². The van der Waals surface area contributed by atoms with Crippen LogP contribution < -0.4 is 0 Å². The Morgan fingerprint density at radius 3 is 2.59 bits per heavy atom. The summed E-state index contributed by atoms with van der Waals surface area (Å²) in [6.07, 6.45) is 0.652. The van der Waals surface area contributed by atoms with Crippen molar-refractivity contribution in [3.05, 3.63) is 35.4 Å². The maximum absolute atomic E-state index is 12.0. The minimum Gasteiger partial charge on any atom is -0.371 e. The molecule has 0 bridgehead atoms. The zero-order chi connectivity index (χ0) is 12.8. The zero-order valence-corrected chi connectivity index (χ0v) is 11.2. The van der Waals surface area contributed by atoms with Crippen molar-refractivity contribution in [2.45, 2.75) is 40.2 Å². The molecule has 2 nitrogen and oxygen atoms in total. The summed E-state index contributed by atoms with van der Waals surface area (Å²) in [6.45, 7) is 8.63. The number of hydrogen-bond donors (Lipinski definition) is 0. The molecule has 0 aromatic heterocycles. The number of carbonyl (C=O) groups excluding carboxylic acids is 1. The summed E-state index contributed by atoms with van der Waals surface area (Å²) in [5.41, 5.74) is 1.97. The van der Waals surface area contributed by atoms with E-state index in [0.29, 0.717) is 12.5 Å². The normalized spacial score (nSPS) is 12.8. The summed E-state index contributed by atoms with van der Waals surface area (Å²) in [6, 6.07) is 7.87. The van der Waals surface area contributed by atoms with Crippen LogP contribution in [0.3, 0.4) is 0 Å². The van der Waals surface area contributed by atoms with E-state index in [1.54, 1.807) is 6.92 Å². The van der Waals surface area contributed by atoms with E-state index >= 15 is 0 Å². The van der Waals surface area contributed by atoms with E-state index in [1.807, 2.05) is 25.1 Å². The predicted octanol–water partition coefficient (Wildman–Crippen LogP) is 3.49. The molecule has 1 aromatic carbocycles. The topological polar surface area (TPSA) is 26.3 Å². The van der Waals surface area contributed by atoms with Crippen LogP contribution in [0.5, 0.6) is 0 Å². The Kier molecular flexibility index (Phi) is 5.36. The fraction of sp³-hybridized carbons (Fsp3) is 0.533. The molecule has 0 saturated carbocycles. The van der Waals surface area contributed by atoms with Gasteiger partial charge in [-0.05, 0) is 37.8 Å². The zero-order valence-electron chi connectivity index (χ0n) is 11.2. The number of benzene rings is 1. The molecule has 94 valence electrons. The molecular formula is C15H22O2. The Labute approximate surface area is 104 Å². The highest BCUT2D eigenvalue weighted by Gasteiger charge is 2.15. The van der Waals surface area contributed by atoms with Crippen molar-refractivity contribution >= 4 is 5.78 Å². The first-order valence-electron chi connectivity index (χ1n) is 6.29. The van der Waals surface area contributed by atoms with E-state index in [-0.39, 0.29) is 11.9 Å². The van der Waals surface area contributed by atoms with Gasteiger partial charge in [0.1, 0.15) is 6.10 Å². The van der Waals surface area contributed by atoms with Crippen molar-refractivity contribution in [3.63, 3.8) is 0 Å². The highest BCUT2D eigenvalue weighted by Crippen LogP contribution is 2.13. The Balaban J connectivity index is 2.80. The van der Waals surface area contributed by atoms with Gasteiger partial charge in [-0.3, -0.25) is 4.79 Å². The lowest BCUT2D eigenvalue weighted by molar-refractivity contribution is 0.0520. The van der Waals surface area contributed by atoms with Gasteiger partial charge in [0, 0.05) is 12.2 Å². The van der Waals surface area contributed by atoms with Crippen molar-refractivity contribution in [2.75, 3.05) is 6.61 Å². The number of rotatable bonds is 6. The number of hydrogen-bond acceptors (Lipinski definition) is 2. The molecule has 1 unspecified atom stereocenters. The molecule has 0 radical (unpaired) electrons. The lowest BCUT2D eigenvalue weighted by atomic mass is 9.98. The third-order valence-corrected chi connectivity index (χ3v) is 2.64. The number of ether oxygens (including phenoxy) is 1. The molecule has 1 aromatic rings. The lowest BCUT2D eigenvalue weighted by Crippen LogP contribution is -2.20. The van der Waals surface area contributed by atoms with Gasteiger partial charge in [-0.25, -0.2) is 0 Å². The molecule has 0 saturated heterocycles. The van der Waals surface area contributed by atoms with Gasteiger partial charge in [-0.1, -0.05) is 32.0 Å². The van der Waals surface area contributed by atoms with Crippen LogP contribution in [0, 0.1) is 5.92 Å². The number of carbonyl (C=O) groups is 1. The summed E-state index contributed by atoms with van der Waals surface area (Å²) in [7, 11) is 0. The summed E-state index contributed by atoms with van der Waals surface area (Å²) >= 11 is 0. The summed E-state index contributed by atoms with van der Waals surface area (Å²) in [5, 5.41) is 0. The van der Waals surface area contributed by atoms with E-state index in [2.05, 4.69) is 19.9 Å². The first kappa shape index (κ1) is 13.9. The minimum absolute atomic E-state index is 0.0671. The lowest BCUT2D eigenvalue weighted by Gasteiger charge is -2.12. The van der Waals surface area contributed by atoms with Crippen LogP contribution in [-0.4, -0.2) is 18.5 Å². The fourth-order valence-electron chi connectivity index (χ4n) is 1.88. The summed E-state index contributed by atoms with van der Waals surface area (Å²) in [4.78, 5) is 12.0. The van der Waals surface area contributed by atoms with Crippen LogP contribution in [0.25, 0.3) is 0 Å². The first-order chi connectivity index (χ1) is 8.04. The number of ketones is 1. The quantitative estimate of drug-likeness (QED) is 0.704. The van der Waals surface area contributed by atoms with E-state index in [0.717, 1.165) is 12.0 Å². The van der Waals surface area contributed by atoms with Crippen LogP contribution in [-0.2, 0) is 11.2 Å². The van der Waals surface area contributed by atoms with Crippen molar-refractivity contribution in [1.29, 1.82) is 0 Å². The average molecular weight is 234 g/mol. The van der Waals surface area contributed by atoms with Gasteiger partial charge in [0.25, 0.3) is 0 Å². The molecule has 0 aliphatic carbocycles. The largest absolute Gasteiger partial charge is 0.371 e. The molecule has 0 aliphatic heterocycles. The smallest absolute Gasteiger partial charge is 0.191 e. The summed E-state index contributed by atoms with van der Waals surface area (Å²) < 4.78 is 5.33. The van der Waals surface area contributed by atoms with E-state index < -0.39 is 0 Å². The van der Waals surface area contributed by atoms with Crippen molar-refractivity contribution in [2.24, 2.45) is 5.92 Å². The molecule has 2 heteroatoms. The maximum Gasteiger partial charge on any atom is 0.191 e. The first-order valence-corrected chi connectivity index (χ1v) is 6.29. The van der Waals surface area contributed by atoms with Crippen LogP contribution in [0.4, 0.5) is 0 Å². The third-order valence-electron chi connectivity index (χ3n) is 2.64. The van der Waals surface area contributed by atoms with E-state index in [1.165, 1.54) is 5.56 Å². The van der Waals surface area contributed by atoms with E-state index in [4.69, 9.17) is 4.74 Å². The highest BCUT2D eigenvalue weighted by atomic mass is 16.5. The Hall–Kier alpha value is -1.15. The second-order valence-electron chi connectivity index (χ2n) is 4.76. The van der Waals surface area contributed by atoms with Crippen LogP contribution in [0.1, 0.15) is 43.6 Å². The van der Waals surface area contributed by atoms with Crippen LogP contribution >= 0.6 is 0 Å². The monoisotopic (exact) mass is 234 g/mol. The molecule has 0 fully saturated rings. The molecule has 0 spiro atoms. The van der Waals surface area contributed by atoms with Crippen LogP contribution in [0.15, 0.2) is 24.3 Å². The van der Waals surface area contributed by atoms with Gasteiger partial charge in [0.15, 0.2) is 5.78 Å². The molecule has 1 rings (SSSR count). The van der Waals surface area contributed by atoms with Gasteiger partial charge >= 0.3 is 0 Å². The molecule has 0 aliphatic rings. The minimum atomic E-state index is -0.353. The Bertz CT molecular complexity index is 369. The molecule has 1 atom stereocenters. The molecule has 0 amide bonds. The molecular weight excluding hydrogens is 212 g/mol. The molecule has 0 N–H and O–H groups in total. The maximum atomic E-state index is 12.0. The highest BCUT2D eigenvalue weighted by molar-refractivity contribution is 5.99. The van der Waals surface area contributed by atoms with E-state index in [9.17, 15) is 4.79 Å². The second kappa shape index (κ2) is 6.55. The standard InChI is InChI=1S/C15H22O2/c1-5-17-12(4)15(16)14-8-6-7-13(10-14)9-11(2)3/h6-8,10-12H,5,9H2,1-4H3. The number of Topliss-reactive ketones (excluding diaryl/α,β-unsaturated/α-hetero) is 1. The van der Waals surface area contributed by atoms with Gasteiger partial charge in [-0.2, -0.15) is 0 Å². The van der Waals surface area contributed by atoms with Crippen LogP contribution in [0.2, 0.25) is 0 Å². The van der Waals surface area contributed by atoms with Gasteiger partial charge in [-0.15, -0.1) is 0 Å². The molecule has 0 heterocycles. The van der Waals surface area contributed by atoms with Gasteiger partial charge < -0.3 is 4.74 Å². The summed E-state index contributed by atoms with van der Waals surface area (Å²) in [5.74, 6) is 0.669. The SMILES string of the molecule is CCOC(C)C(=O)c1cccc(CC(C)C)c1. The molecule has 17 heavy (non-hydrogen) atoms. The van der Waals surface area contributed by atoms with Crippen molar-refractivity contribution in [1.82, 2.24) is 0 Å².